The minimum absolute atomic E-state index is 0.00442. The lowest BCUT2D eigenvalue weighted by molar-refractivity contribution is -0.144. The fourth-order valence-electron chi connectivity index (χ4n) is 5.78. The van der Waals surface area contributed by atoms with Crippen molar-refractivity contribution in [3.63, 3.8) is 0 Å². The van der Waals surface area contributed by atoms with Gasteiger partial charge in [-0.2, -0.15) is 0 Å². The number of carbonyl (C=O) groups excluding carboxylic acids is 8. The maximum Gasteiger partial charge on any atom is 0.326 e. The van der Waals surface area contributed by atoms with Crippen molar-refractivity contribution >= 4 is 59.2 Å². The normalized spacial score (nSPS) is 24.0. The Morgan fingerprint density at radius 2 is 1.45 bits per heavy atom. The molecular formula is C37H63N9O12. The first-order valence-electron chi connectivity index (χ1n) is 19.6. The number of carbonyl (C=O) groups is 10. The summed E-state index contributed by atoms with van der Waals surface area (Å²) in [5.41, 5.74) is 5.95. The van der Waals surface area contributed by atoms with Crippen molar-refractivity contribution in [3.8, 4) is 0 Å². The Bertz CT molecular complexity index is 1510. The van der Waals surface area contributed by atoms with Gasteiger partial charge >= 0.3 is 11.9 Å². The van der Waals surface area contributed by atoms with Gasteiger partial charge in [0, 0.05) is 6.54 Å². The summed E-state index contributed by atoms with van der Waals surface area (Å²) in [5.74, 6) is -10.8. The van der Waals surface area contributed by atoms with Crippen molar-refractivity contribution in [2.75, 3.05) is 6.54 Å². The van der Waals surface area contributed by atoms with Gasteiger partial charge in [-0.1, -0.05) is 48.0 Å². The van der Waals surface area contributed by atoms with Crippen LogP contribution in [0.3, 0.4) is 0 Å². The molecule has 21 heteroatoms. The van der Waals surface area contributed by atoms with Crippen LogP contribution in [0.1, 0.15) is 100 Å². The SMILES string of the molecule is CC[C@H](C)[C@H](NC(=O)[C@@H]1CC(=O)NCCCC[C@H](NC(=O)[C@H](C)NC(=O)[C@@H](N)CC(C)C)C(=O)N[C@@H](C(C)C)C(=O)N[C@@H](C)C(=O)N[C@@H](CC(=O)O)C(=O)N1)C(=O)O. The third-order valence-corrected chi connectivity index (χ3v) is 9.50. The van der Waals surface area contributed by atoms with Crippen LogP contribution in [0.5, 0.6) is 0 Å². The Morgan fingerprint density at radius 1 is 0.810 bits per heavy atom. The molecule has 1 fully saturated rings. The third kappa shape index (κ3) is 17.4. The fraction of sp³-hybridized carbons (Fsp3) is 0.730. The van der Waals surface area contributed by atoms with Gasteiger partial charge < -0.3 is 58.5 Å². The van der Waals surface area contributed by atoms with E-state index in [0.29, 0.717) is 12.8 Å². The summed E-state index contributed by atoms with van der Waals surface area (Å²) in [6.45, 7) is 12.9. The second kappa shape index (κ2) is 24.4. The van der Waals surface area contributed by atoms with E-state index in [1.165, 1.54) is 13.8 Å². The van der Waals surface area contributed by atoms with Crippen molar-refractivity contribution in [2.45, 2.75) is 149 Å². The maximum atomic E-state index is 13.7. The first-order valence-corrected chi connectivity index (χ1v) is 19.6. The summed E-state index contributed by atoms with van der Waals surface area (Å²) in [5, 5.41) is 38.8. The summed E-state index contributed by atoms with van der Waals surface area (Å²) in [6, 6.07) is -10.8. The Kier molecular flexibility index (Phi) is 21.4. The van der Waals surface area contributed by atoms with Crippen LogP contribution in [0.4, 0.5) is 0 Å². The lowest BCUT2D eigenvalue weighted by Gasteiger charge is -2.28. The molecule has 0 spiro atoms. The van der Waals surface area contributed by atoms with Crippen LogP contribution in [0.25, 0.3) is 0 Å². The number of aliphatic carboxylic acids is 2. The van der Waals surface area contributed by atoms with Crippen LogP contribution < -0.4 is 48.3 Å². The van der Waals surface area contributed by atoms with Gasteiger partial charge in [0.05, 0.1) is 18.9 Å². The van der Waals surface area contributed by atoms with Crippen molar-refractivity contribution in [2.24, 2.45) is 23.5 Å². The van der Waals surface area contributed by atoms with Gasteiger partial charge in [0.2, 0.25) is 47.3 Å². The number of nitrogens with one attached hydrogen (secondary N) is 8. The van der Waals surface area contributed by atoms with E-state index < -0.39 is 132 Å². The second-order valence-corrected chi connectivity index (χ2v) is 15.5. The van der Waals surface area contributed by atoms with E-state index in [1.807, 2.05) is 13.8 Å². The van der Waals surface area contributed by atoms with Crippen LogP contribution in [-0.2, 0) is 47.9 Å². The van der Waals surface area contributed by atoms with Crippen LogP contribution in [0.15, 0.2) is 0 Å². The van der Waals surface area contributed by atoms with Gasteiger partial charge in [0.15, 0.2) is 0 Å². The van der Waals surface area contributed by atoms with E-state index in [9.17, 15) is 58.2 Å². The number of carboxylic acids is 2. The average molecular weight is 826 g/mol. The van der Waals surface area contributed by atoms with E-state index >= 15 is 0 Å². The molecule has 0 bridgehead atoms. The molecule has 1 heterocycles. The molecule has 0 aromatic heterocycles. The number of hydrogen-bond donors (Lipinski definition) is 11. The molecule has 9 atom stereocenters. The predicted octanol–water partition coefficient (Wildman–Crippen LogP) is -2.26. The zero-order valence-electron chi connectivity index (χ0n) is 34.6. The largest absolute Gasteiger partial charge is 0.481 e. The number of amides is 8. The minimum Gasteiger partial charge on any atom is -0.481 e. The first kappa shape index (κ1) is 50.7. The van der Waals surface area contributed by atoms with Crippen molar-refractivity contribution in [1.29, 1.82) is 0 Å². The Morgan fingerprint density at radius 3 is 2.00 bits per heavy atom. The molecule has 1 aliphatic heterocycles. The van der Waals surface area contributed by atoms with Gasteiger partial charge in [0.1, 0.15) is 42.3 Å². The zero-order valence-corrected chi connectivity index (χ0v) is 34.6. The lowest BCUT2D eigenvalue weighted by Crippen LogP contribution is -2.60. The minimum atomic E-state index is -1.82. The smallest absolute Gasteiger partial charge is 0.326 e. The van der Waals surface area contributed by atoms with Crippen LogP contribution in [0.2, 0.25) is 0 Å². The molecule has 1 aliphatic rings. The summed E-state index contributed by atoms with van der Waals surface area (Å²) < 4.78 is 0. The molecule has 1 rings (SSSR count). The molecule has 0 saturated carbocycles. The molecule has 0 unspecified atom stereocenters. The third-order valence-electron chi connectivity index (χ3n) is 9.50. The topological polar surface area (TPSA) is 333 Å². The Labute approximate surface area is 338 Å². The van der Waals surface area contributed by atoms with Crippen molar-refractivity contribution < 1.29 is 58.2 Å². The number of rotatable bonds is 14. The molecule has 58 heavy (non-hydrogen) atoms. The highest BCUT2D eigenvalue weighted by Gasteiger charge is 2.36. The second-order valence-electron chi connectivity index (χ2n) is 15.5. The van der Waals surface area contributed by atoms with Gasteiger partial charge in [-0.25, -0.2) is 4.79 Å². The van der Waals surface area contributed by atoms with Gasteiger partial charge in [-0.15, -0.1) is 0 Å². The molecule has 0 aromatic carbocycles. The number of carboxylic acid groups (broad SMARTS) is 2. The summed E-state index contributed by atoms with van der Waals surface area (Å²) >= 11 is 0. The Hall–Kier alpha value is -5.34. The molecule has 1 saturated heterocycles. The van der Waals surface area contributed by atoms with Crippen molar-refractivity contribution in [3.05, 3.63) is 0 Å². The molecule has 0 aromatic rings. The fourth-order valence-corrected chi connectivity index (χ4v) is 5.78. The Balaban J connectivity index is 3.49. The zero-order chi connectivity index (χ0) is 44.4. The summed E-state index contributed by atoms with van der Waals surface area (Å²) in [4.78, 5) is 130. The average Bonchev–Trinajstić information content (AvgIpc) is 3.12. The summed E-state index contributed by atoms with van der Waals surface area (Å²) in [6.07, 6.45) is -0.510. The standard InChI is InChI=1S/C37H63N9O12/c1-9-19(6)29(37(57)58)46-35(55)24-15-26(47)39-13-11-10-12-23(42-30(50)20(7)40-32(52)22(38)14-17(2)3)33(53)45-28(18(4)5)36(56)41-21(8)31(51)43-25(16-27(48)49)34(54)44-24/h17-25,28-29H,9-16,38H2,1-8H3,(H,39,47)(H,40,52)(H,41,56)(H,42,50)(H,43,51)(H,44,54)(H,45,53)(H,46,55)(H,48,49)(H,57,58)/t19-,20-,21-,22-,23-,24-,25-,28-,29-/m0/s1. The van der Waals surface area contributed by atoms with E-state index in [2.05, 4.69) is 42.5 Å². The highest BCUT2D eigenvalue weighted by atomic mass is 16.4. The van der Waals surface area contributed by atoms with Gasteiger partial charge in [0.25, 0.3) is 0 Å². The molecule has 0 aliphatic carbocycles. The quantitative estimate of drug-likeness (QED) is 0.0883. The van der Waals surface area contributed by atoms with Crippen LogP contribution in [-0.4, -0.2) is 124 Å². The highest BCUT2D eigenvalue weighted by Crippen LogP contribution is 2.11. The van der Waals surface area contributed by atoms with Gasteiger partial charge in [-0.3, -0.25) is 43.2 Å². The van der Waals surface area contributed by atoms with E-state index in [-0.39, 0.29) is 31.7 Å². The summed E-state index contributed by atoms with van der Waals surface area (Å²) in [7, 11) is 0. The maximum absolute atomic E-state index is 13.7. The van der Waals surface area contributed by atoms with Crippen LogP contribution in [0, 0.1) is 17.8 Å². The number of hydrogen-bond acceptors (Lipinski definition) is 11. The van der Waals surface area contributed by atoms with E-state index in [4.69, 9.17) is 5.73 Å². The van der Waals surface area contributed by atoms with Crippen LogP contribution >= 0.6 is 0 Å². The molecule has 8 amide bonds. The van der Waals surface area contributed by atoms with Crippen molar-refractivity contribution in [1.82, 2.24) is 42.5 Å². The molecule has 0 radical (unpaired) electrons. The van der Waals surface area contributed by atoms with Gasteiger partial charge in [-0.05, 0) is 57.3 Å². The molecular weight excluding hydrogens is 762 g/mol. The van der Waals surface area contributed by atoms with E-state index in [1.54, 1.807) is 27.7 Å². The first-order chi connectivity index (χ1) is 27.0. The predicted molar refractivity (Wildman–Crippen MR) is 208 cm³/mol. The lowest BCUT2D eigenvalue weighted by atomic mass is 9.98. The molecule has 328 valence electrons. The molecule has 21 nitrogen and oxygen atoms in total. The number of nitrogens with two attached hydrogens (primary N) is 1. The van der Waals surface area contributed by atoms with E-state index in [0.717, 1.165) is 0 Å². The monoisotopic (exact) mass is 825 g/mol. The highest BCUT2D eigenvalue weighted by molar-refractivity contribution is 5.99. The molecule has 12 N–H and O–H groups in total.